The molecule has 6 aromatic carbocycles. The van der Waals surface area contributed by atoms with Gasteiger partial charge < -0.3 is 42.1 Å². The molecule has 0 saturated heterocycles. The van der Waals surface area contributed by atoms with Gasteiger partial charge in [0.05, 0.1) is 41.2 Å². The summed E-state index contributed by atoms with van der Waals surface area (Å²) in [5.74, 6) is 8.05. The van der Waals surface area contributed by atoms with Gasteiger partial charge in [-0.15, -0.1) is 0 Å². The fraction of sp³-hybridized carbons (Fsp3) is 0.483. The molecule has 0 aliphatic heterocycles. The van der Waals surface area contributed by atoms with Crippen molar-refractivity contribution >= 4 is 0 Å². The highest BCUT2D eigenvalue weighted by atomic mass is 16.5. The summed E-state index contributed by atoms with van der Waals surface area (Å²) in [6.45, 7) is 42.9. The average Bonchev–Trinajstić information content (AvgIpc) is 1.26. The Morgan fingerprint density at radius 3 is 0.566 bits per heavy atom. The normalized spacial score (nSPS) is 13.5. The van der Waals surface area contributed by atoms with Gasteiger partial charge in [0.1, 0.15) is 52.0 Å². The van der Waals surface area contributed by atoms with E-state index in [1.807, 2.05) is 58.5 Å². The first-order valence-electron chi connectivity index (χ1n) is 35.8. The lowest BCUT2D eigenvalue weighted by Gasteiger charge is -2.29. The molecule has 3 heterocycles. The lowest BCUT2D eigenvalue weighted by molar-refractivity contribution is 0.311. The first kappa shape index (κ1) is 73.5. The van der Waals surface area contributed by atoms with E-state index in [0.29, 0.717) is 77.6 Å². The maximum absolute atomic E-state index is 7.41. The number of methoxy groups -OCH3 is 3. The van der Waals surface area contributed by atoms with Crippen molar-refractivity contribution in [2.75, 3.05) is 41.2 Å². The van der Waals surface area contributed by atoms with E-state index in [1.54, 1.807) is 0 Å². The van der Waals surface area contributed by atoms with E-state index in [1.165, 1.54) is 33.4 Å². The van der Waals surface area contributed by atoms with Crippen LogP contribution in [0.2, 0.25) is 0 Å². The third-order valence-corrected chi connectivity index (χ3v) is 20.0. The number of hydrogen-bond acceptors (Lipinski definition) is 9. The molecule has 12 nitrogen and oxygen atoms in total. The Bertz CT molecular complexity index is 3770. The minimum atomic E-state index is -0.230. The molecule has 3 aromatic heterocycles. The summed E-state index contributed by atoms with van der Waals surface area (Å²) in [4.78, 5) is 14.3. The molecule has 1 aliphatic carbocycles. The molecule has 0 saturated carbocycles. The highest BCUT2D eigenvalue weighted by Crippen LogP contribution is 2.46. The molecule has 12 heteroatoms. The molecular weight excluding hydrogens is 1220 g/mol. The minimum Gasteiger partial charge on any atom is -0.496 e. The topological polar surface area (TPSA) is 109 Å². The molecule has 0 N–H and O–H groups in total. The van der Waals surface area contributed by atoms with Crippen molar-refractivity contribution in [2.24, 2.45) is 21.1 Å². The fourth-order valence-corrected chi connectivity index (χ4v) is 13.9. The molecule has 0 fully saturated rings. The van der Waals surface area contributed by atoms with Gasteiger partial charge in [-0.05, 0) is 133 Å². The van der Waals surface area contributed by atoms with E-state index in [4.69, 9.17) is 43.4 Å². The smallest absolute Gasteiger partial charge is 0.126 e. The number of rotatable bonds is 15. The summed E-state index contributed by atoms with van der Waals surface area (Å²) in [5, 5.41) is 0. The Morgan fingerprint density at radius 2 is 0.434 bits per heavy atom. The van der Waals surface area contributed by atoms with Gasteiger partial charge in [-0.2, -0.15) is 0 Å². The zero-order chi connectivity index (χ0) is 71.9. The molecule has 12 bridgehead atoms. The van der Waals surface area contributed by atoms with Gasteiger partial charge in [0.2, 0.25) is 0 Å². The molecule has 0 unspecified atom stereocenters. The Balaban J connectivity index is 1.32. The summed E-state index contributed by atoms with van der Waals surface area (Å²) in [7, 11) is 11.7. The van der Waals surface area contributed by atoms with E-state index in [0.717, 1.165) is 119 Å². The molecule has 9 aromatic rings. The number of fused-ring (bicyclic) bond motifs is 12. The Hall–Kier alpha value is -8.25. The van der Waals surface area contributed by atoms with Gasteiger partial charge in [0, 0.05) is 116 Å². The largest absolute Gasteiger partial charge is 0.496 e. The van der Waals surface area contributed by atoms with Crippen LogP contribution in [0.25, 0.3) is 0 Å². The maximum Gasteiger partial charge on any atom is 0.126 e. The predicted octanol–water partition coefficient (Wildman–Crippen LogP) is 18.4. The summed E-state index contributed by atoms with van der Waals surface area (Å²) in [6, 6.07) is 28.7. The van der Waals surface area contributed by atoms with Crippen molar-refractivity contribution in [2.45, 2.75) is 215 Å². The van der Waals surface area contributed by atoms with Crippen molar-refractivity contribution < 1.29 is 28.4 Å². The van der Waals surface area contributed by atoms with Crippen molar-refractivity contribution in [3.05, 3.63) is 228 Å². The molecule has 1 aliphatic rings. The predicted molar refractivity (Wildman–Crippen MR) is 405 cm³/mol. The average molecular weight is 1340 g/mol. The zero-order valence-corrected chi connectivity index (χ0v) is 64.5. The third kappa shape index (κ3) is 17.0. The van der Waals surface area contributed by atoms with Crippen LogP contribution >= 0.6 is 0 Å². The standard InChI is InChI=1S/C87H114N6O6/c1-82(2,3)67-43-55-37-61-49-70(85(10,11)12)51-63(79(61)97-34-25-73-88-28-31-91(73)19)39-57-45-68(83(4,5)6)47-59(77(57)95-23)41-65-53-72(87(16,17)18)54-66(81(65)99-36-27-75-90-30-33-93(75)21)42-60-48-69(84(7,8)9)46-58(78(60)96-24)40-64-52-71(86(13,14)15)50-62(38-56(44-67)76(55)94-22)80(64)98-35-26-74-89-29-32-92(74)20/h28-33,43-54H,25-27,34-42H2,1-24H3. The Morgan fingerprint density at radius 1 is 0.273 bits per heavy atom. The van der Waals surface area contributed by atoms with Gasteiger partial charge in [-0.1, -0.05) is 197 Å². The van der Waals surface area contributed by atoms with E-state index in [-0.39, 0.29) is 32.5 Å². The quantitative estimate of drug-likeness (QED) is 0.0991. The van der Waals surface area contributed by atoms with Gasteiger partial charge in [0.15, 0.2) is 0 Å². The van der Waals surface area contributed by atoms with Crippen LogP contribution in [0.5, 0.6) is 34.5 Å². The first-order valence-corrected chi connectivity index (χ1v) is 35.8. The molecule has 528 valence electrons. The molecule has 0 spiro atoms. The van der Waals surface area contributed by atoms with E-state index >= 15 is 0 Å². The van der Waals surface area contributed by atoms with Crippen LogP contribution < -0.4 is 28.4 Å². The lowest BCUT2D eigenvalue weighted by atomic mass is 9.79. The van der Waals surface area contributed by atoms with Crippen LogP contribution in [0.3, 0.4) is 0 Å². The Kier molecular flexibility index (Phi) is 21.4. The number of nitrogens with zero attached hydrogens (tertiary/aromatic N) is 6. The van der Waals surface area contributed by atoms with E-state index < -0.39 is 0 Å². The summed E-state index contributed by atoms with van der Waals surface area (Å²) < 4.78 is 49.1. The van der Waals surface area contributed by atoms with Gasteiger partial charge in [0.25, 0.3) is 0 Å². The lowest BCUT2D eigenvalue weighted by Crippen LogP contribution is -2.18. The van der Waals surface area contributed by atoms with Crippen molar-refractivity contribution in [1.82, 2.24) is 28.7 Å². The third-order valence-electron chi connectivity index (χ3n) is 20.0. The molecule has 0 radical (unpaired) electrons. The van der Waals surface area contributed by atoms with Crippen LogP contribution in [0.15, 0.2) is 110 Å². The molecule has 10 rings (SSSR count). The highest BCUT2D eigenvalue weighted by molar-refractivity contribution is 5.62. The number of benzene rings is 6. The maximum atomic E-state index is 7.41. The van der Waals surface area contributed by atoms with E-state index in [2.05, 4.69) is 232 Å². The molecule has 0 amide bonds. The van der Waals surface area contributed by atoms with Crippen LogP contribution in [0, 0.1) is 0 Å². The van der Waals surface area contributed by atoms with Crippen molar-refractivity contribution in [1.29, 1.82) is 0 Å². The number of aromatic nitrogens is 6. The van der Waals surface area contributed by atoms with Crippen LogP contribution in [-0.2, 0) is 111 Å². The summed E-state index contributed by atoms with van der Waals surface area (Å²) in [6.07, 6.45) is 16.7. The van der Waals surface area contributed by atoms with Crippen molar-refractivity contribution in [3.63, 3.8) is 0 Å². The van der Waals surface area contributed by atoms with E-state index in [9.17, 15) is 0 Å². The van der Waals surface area contributed by atoms with Gasteiger partial charge in [-0.25, -0.2) is 15.0 Å². The number of aryl methyl sites for hydroxylation is 3. The second-order valence-corrected chi connectivity index (χ2v) is 34.1. The number of ether oxygens (including phenoxy) is 6. The van der Waals surface area contributed by atoms with Gasteiger partial charge in [-0.3, -0.25) is 0 Å². The molecule has 0 atom stereocenters. The van der Waals surface area contributed by atoms with Crippen molar-refractivity contribution in [3.8, 4) is 34.5 Å². The van der Waals surface area contributed by atoms with Crippen LogP contribution in [0.1, 0.15) is 242 Å². The summed E-state index contributed by atoms with van der Waals surface area (Å²) in [5.41, 5.74) is 19.0. The van der Waals surface area contributed by atoms with Crippen LogP contribution in [0.4, 0.5) is 0 Å². The SMILES string of the molecule is COc1c2cc(C(C)(C)C)cc1Cc1cc(C(C)(C)C)cc(c1OCCc1nccn1C)Cc1cc(C(C)(C)C)cc(c1OC)Cc1cc(C(C)(C)C)cc(c1OCCc1nccn1C)Cc1cc(C(C)(C)C)cc(c1OC)Cc1cc(C(C)(C)C)cc(c1OCCc1nccn1C)C2. The zero-order valence-electron chi connectivity index (χ0n) is 64.5. The highest BCUT2D eigenvalue weighted by Gasteiger charge is 2.32. The summed E-state index contributed by atoms with van der Waals surface area (Å²) >= 11 is 0. The first-order chi connectivity index (χ1) is 46.4. The monoisotopic (exact) mass is 1340 g/mol. The second kappa shape index (κ2) is 28.8. The molecule has 99 heavy (non-hydrogen) atoms. The Labute approximate surface area is 593 Å². The fourth-order valence-electron chi connectivity index (χ4n) is 13.9. The van der Waals surface area contributed by atoms with Gasteiger partial charge >= 0.3 is 0 Å². The minimum absolute atomic E-state index is 0.224. The second-order valence-electron chi connectivity index (χ2n) is 34.1. The van der Waals surface area contributed by atoms with Crippen LogP contribution in [-0.4, -0.2) is 69.8 Å². The molecular formula is C87H114N6O6. The number of hydrogen-bond donors (Lipinski definition) is 0. The number of imidazole rings is 3.